The van der Waals surface area contributed by atoms with Crippen LogP contribution < -0.4 is 10.5 Å². The number of nitrogen functional groups attached to an aromatic ring is 1. The molecule has 5 heterocycles. The van der Waals surface area contributed by atoms with Crippen molar-refractivity contribution in [3.8, 4) is 39.1 Å². The Hall–Kier alpha value is -6.14. The first-order valence-corrected chi connectivity index (χ1v) is 15.7. The fourth-order valence-corrected chi connectivity index (χ4v) is 6.34. The molecule has 0 amide bonds. The Morgan fingerprint density at radius 1 is 0.468 bits per heavy atom. The van der Waals surface area contributed by atoms with Crippen molar-refractivity contribution in [1.29, 1.82) is 0 Å². The molecule has 0 unspecified atom stereocenters. The number of aryl methyl sites for hydroxylation is 2. The number of hydrogen-bond donors (Lipinski definition) is 3. The number of nitrogens with two attached hydrogens (primary N) is 1. The Kier molecular flexibility index (Phi) is 6.84. The zero-order valence-electron chi connectivity index (χ0n) is 26.4. The van der Waals surface area contributed by atoms with Gasteiger partial charge in [0.15, 0.2) is 0 Å². The summed E-state index contributed by atoms with van der Waals surface area (Å²) in [5, 5.41) is 0. The maximum absolute atomic E-state index is 6.80. The van der Waals surface area contributed by atoms with E-state index in [9.17, 15) is 0 Å². The van der Waals surface area contributed by atoms with Crippen LogP contribution in [0.4, 0.5) is 5.69 Å². The average Bonchev–Trinajstić information content (AvgIpc) is 3.92. The smallest absolute Gasteiger partial charge is 0.118 e. The molecular formula is C41H33N5O. The molecule has 4 N–H and O–H groups in total. The van der Waals surface area contributed by atoms with Crippen molar-refractivity contribution in [3.05, 3.63) is 131 Å². The first kappa shape index (κ1) is 28.3. The number of anilines is 1. The highest BCUT2D eigenvalue weighted by Crippen LogP contribution is 2.37. The molecular weight excluding hydrogens is 578 g/mol. The van der Waals surface area contributed by atoms with Crippen LogP contribution in [0.25, 0.3) is 79.8 Å². The summed E-state index contributed by atoms with van der Waals surface area (Å²) in [6, 6.07) is 33.6. The SMILES string of the molecule is COc1ccc(-c2c3nc(c(-c4ccc(C)cc4)c4ccc([nH]4)c(N)c4nc(c(-c5ccc(C)cc5)c5ccc2[nH]5)C=C4)C=C3)cc1. The van der Waals surface area contributed by atoms with E-state index in [0.717, 1.165) is 78.3 Å². The topological polar surface area (TPSA) is 92.6 Å². The molecule has 6 aromatic rings. The molecule has 228 valence electrons. The number of H-pyrrole nitrogens is 2. The number of rotatable bonds is 4. The van der Waals surface area contributed by atoms with Gasteiger partial charge in [-0.2, -0.15) is 0 Å². The highest BCUT2D eigenvalue weighted by atomic mass is 16.5. The van der Waals surface area contributed by atoms with E-state index in [0.29, 0.717) is 11.4 Å². The van der Waals surface area contributed by atoms with Crippen molar-refractivity contribution in [2.75, 3.05) is 12.8 Å². The predicted molar refractivity (Wildman–Crippen MR) is 196 cm³/mol. The lowest BCUT2D eigenvalue weighted by Crippen LogP contribution is -1.91. The summed E-state index contributed by atoms with van der Waals surface area (Å²) in [5.41, 5.74) is 22.8. The molecule has 0 saturated heterocycles. The third-order valence-electron chi connectivity index (χ3n) is 8.85. The number of nitrogens with zero attached hydrogens (tertiary/aromatic N) is 2. The van der Waals surface area contributed by atoms with E-state index in [1.807, 2.05) is 30.4 Å². The van der Waals surface area contributed by atoms with E-state index < -0.39 is 0 Å². The summed E-state index contributed by atoms with van der Waals surface area (Å²) < 4.78 is 5.49. The zero-order chi connectivity index (χ0) is 32.1. The van der Waals surface area contributed by atoms with Gasteiger partial charge >= 0.3 is 0 Å². The standard InChI is InChI=1S/C41H33N5O/c1-24-4-8-26(9-5-24)38-30-16-18-32(43-30)40(28-12-14-29(47-3)15-13-28)33-19-17-31(44-33)39(27-10-6-25(2)7-11-27)35-21-23-37(46-35)41(42)36-22-20-34(38)45-36/h4-23,43,46H,42H2,1-3H3. The Morgan fingerprint density at radius 3 is 1.28 bits per heavy atom. The van der Waals surface area contributed by atoms with Crippen molar-refractivity contribution in [3.63, 3.8) is 0 Å². The van der Waals surface area contributed by atoms with Crippen LogP contribution in [0.2, 0.25) is 0 Å². The largest absolute Gasteiger partial charge is 0.497 e. The van der Waals surface area contributed by atoms with Crippen molar-refractivity contribution < 1.29 is 4.74 Å². The predicted octanol–water partition coefficient (Wildman–Crippen LogP) is 9.86. The van der Waals surface area contributed by atoms with Gasteiger partial charge in [0.1, 0.15) is 5.75 Å². The van der Waals surface area contributed by atoms with Gasteiger partial charge in [0, 0.05) is 33.2 Å². The monoisotopic (exact) mass is 611 g/mol. The Balaban J connectivity index is 1.53. The minimum Gasteiger partial charge on any atom is -0.497 e. The normalized spacial score (nSPS) is 12.1. The molecule has 6 heteroatoms. The summed E-state index contributed by atoms with van der Waals surface area (Å²) in [5.74, 6) is 0.799. The van der Waals surface area contributed by atoms with Gasteiger partial charge in [-0.25, -0.2) is 9.97 Å². The van der Waals surface area contributed by atoms with E-state index >= 15 is 0 Å². The lowest BCUT2D eigenvalue weighted by atomic mass is 10.0. The lowest BCUT2D eigenvalue weighted by Gasteiger charge is -2.07. The molecule has 0 fully saturated rings. The maximum atomic E-state index is 6.80. The van der Waals surface area contributed by atoms with E-state index in [4.69, 9.17) is 20.4 Å². The van der Waals surface area contributed by atoms with Gasteiger partial charge < -0.3 is 20.4 Å². The molecule has 2 aliphatic heterocycles. The first-order valence-electron chi connectivity index (χ1n) is 15.7. The highest BCUT2D eigenvalue weighted by Gasteiger charge is 2.17. The first-order chi connectivity index (χ1) is 22.9. The molecule has 0 aliphatic carbocycles. The fourth-order valence-electron chi connectivity index (χ4n) is 6.34. The van der Waals surface area contributed by atoms with Gasteiger partial charge in [-0.15, -0.1) is 0 Å². The third-order valence-corrected chi connectivity index (χ3v) is 8.85. The van der Waals surface area contributed by atoms with Crippen molar-refractivity contribution >= 4 is 52.1 Å². The quantitative estimate of drug-likeness (QED) is 0.185. The average molecular weight is 612 g/mol. The number of benzene rings is 3. The van der Waals surface area contributed by atoms with Crippen molar-refractivity contribution in [2.45, 2.75) is 13.8 Å². The van der Waals surface area contributed by atoms with Gasteiger partial charge in [-0.3, -0.25) is 0 Å². The van der Waals surface area contributed by atoms with Crippen LogP contribution in [0.3, 0.4) is 0 Å². The molecule has 3 aromatic carbocycles. The van der Waals surface area contributed by atoms with Crippen LogP contribution in [0.1, 0.15) is 33.9 Å². The molecule has 0 spiro atoms. The Bertz CT molecular complexity index is 2350. The highest BCUT2D eigenvalue weighted by molar-refractivity contribution is 5.98. The number of fused-ring (bicyclic) bond motifs is 8. The van der Waals surface area contributed by atoms with E-state index in [1.165, 1.54) is 11.1 Å². The van der Waals surface area contributed by atoms with Gasteiger partial charge in [-0.1, -0.05) is 71.8 Å². The molecule has 3 aromatic heterocycles. The van der Waals surface area contributed by atoms with Crippen molar-refractivity contribution in [1.82, 2.24) is 19.9 Å². The number of aromatic nitrogens is 4. The molecule has 47 heavy (non-hydrogen) atoms. The summed E-state index contributed by atoms with van der Waals surface area (Å²) in [6.45, 7) is 4.19. The second kappa shape index (κ2) is 11.3. The minimum atomic E-state index is 0.583. The molecule has 8 bridgehead atoms. The number of nitrogens with one attached hydrogen (secondary N) is 2. The van der Waals surface area contributed by atoms with Crippen LogP contribution in [0.5, 0.6) is 5.75 Å². The van der Waals surface area contributed by atoms with Crippen LogP contribution in [0, 0.1) is 13.8 Å². The van der Waals surface area contributed by atoms with Crippen molar-refractivity contribution in [2.24, 2.45) is 0 Å². The van der Waals surface area contributed by atoms with Crippen LogP contribution in [-0.4, -0.2) is 27.0 Å². The van der Waals surface area contributed by atoms with E-state index in [1.54, 1.807) is 7.11 Å². The molecule has 0 radical (unpaired) electrons. The number of aromatic amines is 2. The van der Waals surface area contributed by atoms with Crippen LogP contribution in [-0.2, 0) is 0 Å². The Morgan fingerprint density at radius 2 is 0.830 bits per heavy atom. The lowest BCUT2D eigenvalue weighted by molar-refractivity contribution is 0.415. The van der Waals surface area contributed by atoms with Gasteiger partial charge in [0.2, 0.25) is 0 Å². The molecule has 6 nitrogen and oxygen atoms in total. The summed E-state index contributed by atoms with van der Waals surface area (Å²) in [7, 11) is 1.68. The molecule has 0 saturated carbocycles. The van der Waals surface area contributed by atoms with Crippen LogP contribution >= 0.6 is 0 Å². The third kappa shape index (κ3) is 5.10. The molecule has 2 aliphatic rings. The second-order valence-electron chi connectivity index (χ2n) is 12.0. The molecule has 8 rings (SSSR count). The fraction of sp³-hybridized carbons (Fsp3) is 0.0732. The van der Waals surface area contributed by atoms with Gasteiger partial charge in [-0.05, 0) is 91.2 Å². The zero-order valence-corrected chi connectivity index (χ0v) is 26.4. The van der Waals surface area contributed by atoms with E-state index in [2.05, 4.69) is 115 Å². The molecule has 0 atom stereocenters. The number of methoxy groups -OCH3 is 1. The van der Waals surface area contributed by atoms with Gasteiger partial charge in [0.05, 0.1) is 41.1 Å². The number of ether oxygens (including phenoxy) is 1. The summed E-state index contributed by atoms with van der Waals surface area (Å²) in [4.78, 5) is 17.7. The summed E-state index contributed by atoms with van der Waals surface area (Å²) in [6.07, 6.45) is 8.23. The minimum absolute atomic E-state index is 0.583. The van der Waals surface area contributed by atoms with E-state index in [-0.39, 0.29) is 0 Å². The summed E-state index contributed by atoms with van der Waals surface area (Å²) >= 11 is 0. The number of hydrogen-bond acceptors (Lipinski definition) is 4. The Labute approximate surface area is 273 Å². The van der Waals surface area contributed by atoms with Gasteiger partial charge in [0.25, 0.3) is 0 Å². The second-order valence-corrected chi connectivity index (χ2v) is 12.0. The maximum Gasteiger partial charge on any atom is 0.118 e. The van der Waals surface area contributed by atoms with Crippen LogP contribution in [0.15, 0.2) is 97.1 Å².